The predicted molar refractivity (Wildman–Crippen MR) is 93.5 cm³/mol. The zero-order valence-electron chi connectivity index (χ0n) is 12.6. The van der Waals surface area contributed by atoms with Crippen LogP contribution in [0.3, 0.4) is 0 Å². The first-order chi connectivity index (χ1) is 10.7. The summed E-state index contributed by atoms with van der Waals surface area (Å²) >= 11 is 6.71. The molecular formula is C16H18ClN2O2P. The van der Waals surface area contributed by atoms with Gasteiger partial charge in [-0.2, -0.15) is 0 Å². The molecular weight excluding hydrogens is 319 g/mol. The number of hydrogen-bond donors (Lipinski definition) is 0. The molecule has 22 heavy (non-hydrogen) atoms. The highest BCUT2D eigenvalue weighted by atomic mass is 35.7. The molecule has 2 aromatic carbocycles. The smallest absolute Gasteiger partial charge is 0.197 e. The molecule has 2 aromatic rings. The third-order valence-electron chi connectivity index (χ3n) is 3.66. The third-order valence-corrected chi connectivity index (χ3v) is 6.42. The molecule has 1 fully saturated rings. The average Bonchev–Trinajstić information content (AvgIpc) is 2.96. The first kappa shape index (κ1) is 15.3. The largest absolute Gasteiger partial charge is 0.497 e. The maximum atomic E-state index is 6.71. The first-order valence-corrected chi connectivity index (χ1v) is 9.17. The minimum Gasteiger partial charge on any atom is -0.497 e. The minimum absolute atomic E-state index is 0.855. The summed E-state index contributed by atoms with van der Waals surface area (Å²) in [6.07, 6.45) is 0. The molecule has 1 saturated heterocycles. The number of benzene rings is 2. The van der Waals surface area contributed by atoms with Gasteiger partial charge in [0.2, 0.25) is 0 Å². The number of ether oxygens (including phenoxy) is 2. The van der Waals surface area contributed by atoms with E-state index in [9.17, 15) is 0 Å². The van der Waals surface area contributed by atoms with Gasteiger partial charge >= 0.3 is 0 Å². The van der Waals surface area contributed by atoms with Crippen molar-refractivity contribution in [1.29, 1.82) is 0 Å². The Balaban J connectivity index is 1.76. The number of hydrogen-bond acceptors (Lipinski definition) is 4. The van der Waals surface area contributed by atoms with Crippen molar-refractivity contribution in [2.45, 2.75) is 0 Å². The lowest BCUT2D eigenvalue weighted by Crippen LogP contribution is -2.10. The second-order valence-corrected chi connectivity index (χ2v) is 7.24. The van der Waals surface area contributed by atoms with E-state index < -0.39 is 7.58 Å². The van der Waals surface area contributed by atoms with Crippen molar-refractivity contribution >= 4 is 30.2 Å². The van der Waals surface area contributed by atoms with E-state index >= 15 is 0 Å². The molecule has 1 aliphatic rings. The van der Waals surface area contributed by atoms with E-state index in [0.717, 1.165) is 36.0 Å². The van der Waals surface area contributed by atoms with Gasteiger partial charge in [-0.1, -0.05) is 0 Å². The Kier molecular flexibility index (Phi) is 4.60. The molecule has 4 nitrogen and oxygen atoms in total. The first-order valence-electron chi connectivity index (χ1n) is 7.02. The fourth-order valence-electron chi connectivity index (χ4n) is 2.44. The standard InChI is InChI=1S/C16H18ClN2O2P/c1-20-15-7-3-13(4-8-15)18-11-12-19(22(18)17)14-5-9-16(21-2)10-6-14/h3-10H,11-12H2,1-2H3. The summed E-state index contributed by atoms with van der Waals surface area (Å²) < 4.78 is 14.9. The number of halogens is 1. The molecule has 0 radical (unpaired) electrons. The molecule has 0 aliphatic carbocycles. The summed E-state index contributed by atoms with van der Waals surface area (Å²) in [7, 11) is 2.43. The number of methoxy groups -OCH3 is 2. The summed E-state index contributed by atoms with van der Waals surface area (Å²) in [5, 5.41) is 0. The van der Waals surface area contributed by atoms with E-state index in [0.29, 0.717) is 0 Å². The maximum Gasteiger partial charge on any atom is 0.197 e. The Bertz CT molecular complexity index is 566. The van der Waals surface area contributed by atoms with Gasteiger partial charge in [0.1, 0.15) is 11.5 Å². The van der Waals surface area contributed by atoms with Gasteiger partial charge in [-0.25, -0.2) is 0 Å². The molecule has 3 rings (SSSR count). The number of rotatable bonds is 4. The summed E-state index contributed by atoms with van der Waals surface area (Å²) in [5.74, 6) is 1.71. The van der Waals surface area contributed by atoms with E-state index in [2.05, 4.69) is 9.34 Å². The fourth-order valence-corrected chi connectivity index (χ4v) is 4.84. The van der Waals surface area contributed by atoms with Crippen LogP contribution >= 0.6 is 18.8 Å². The Morgan fingerprint density at radius 3 is 1.45 bits per heavy atom. The van der Waals surface area contributed by atoms with Crippen molar-refractivity contribution in [3.05, 3.63) is 48.5 Å². The summed E-state index contributed by atoms with van der Waals surface area (Å²) in [4.78, 5) is 0. The molecule has 0 saturated carbocycles. The molecule has 0 spiro atoms. The monoisotopic (exact) mass is 336 g/mol. The van der Waals surface area contributed by atoms with Gasteiger partial charge in [-0.05, 0) is 59.8 Å². The van der Waals surface area contributed by atoms with Gasteiger partial charge in [0, 0.05) is 24.5 Å². The molecule has 0 amide bonds. The Hall–Kier alpha value is -1.64. The van der Waals surface area contributed by atoms with Crippen LogP contribution in [0.15, 0.2) is 48.5 Å². The van der Waals surface area contributed by atoms with Crippen molar-refractivity contribution in [3.8, 4) is 11.5 Å². The predicted octanol–water partition coefficient (Wildman–Crippen LogP) is 4.50. The highest BCUT2D eigenvalue weighted by Crippen LogP contribution is 2.56. The Morgan fingerprint density at radius 2 is 1.14 bits per heavy atom. The summed E-state index contributed by atoms with van der Waals surface area (Å²) in [5.41, 5.74) is 2.25. The summed E-state index contributed by atoms with van der Waals surface area (Å²) in [6, 6.07) is 16.1. The number of anilines is 2. The van der Waals surface area contributed by atoms with Crippen molar-refractivity contribution in [2.24, 2.45) is 0 Å². The van der Waals surface area contributed by atoms with Gasteiger partial charge in [0.15, 0.2) is 7.58 Å². The van der Waals surface area contributed by atoms with Crippen LogP contribution in [0.25, 0.3) is 0 Å². The fraction of sp³-hybridized carbons (Fsp3) is 0.250. The lowest BCUT2D eigenvalue weighted by molar-refractivity contribution is 0.414. The van der Waals surface area contributed by atoms with Crippen LogP contribution in [0.2, 0.25) is 0 Å². The molecule has 0 atom stereocenters. The zero-order chi connectivity index (χ0) is 15.5. The Morgan fingerprint density at radius 1 is 0.773 bits per heavy atom. The Labute approximate surface area is 136 Å². The molecule has 1 heterocycles. The highest BCUT2D eigenvalue weighted by Gasteiger charge is 2.31. The van der Waals surface area contributed by atoms with Gasteiger partial charge < -0.3 is 18.8 Å². The van der Waals surface area contributed by atoms with Crippen LogP contribution in [-0.4, -0.2) is 27.3 Å². The van der Waals surface area contributed by atoms with Gasteiger partial charge in [-0.3, -0.25) is 0 Å². The topological polar surface area (TPSA) is 24.9 Å². The van der Waals surface area contributed by atoms with Crippen molar-refractivity contribution in [3.63, 3.8) is 0 Å². The summed E-state index contributed by atoms with van der Waals surface area (Å²) in [6.45, 7) is 1.82. The molecule has 0 unspecified atom stereocenters. The molecule has 0 aromatic heterocycles. The van der Waals surface area contributed by atoms with Crippen LogP contribution < -0.4 is 18.8 Å². The van der Waals surface area contributed by atoms with Crippen molar-refractivity contribution in [1.82, 2.24) is 0 Å². The second kappa shape index (κ2) is 6.64. The van der Waals surface area contributed by atoms with E-state index in [1.807, 2.05) is 48.5 Å². The van der Waals surface area contributed by atoms with Crippen molar-refractivity contribution < 1.29 is 9.47 Å². The van der Waals surface area contributed by atoms with Gasteiger partial charge in [-0.15, -0.1) is 0 Å². The van der Waals surface area contributed by atoms with Crippen LogP contribution in [0.5, 0.6) is 11.5 Å². The van der Waals surface area contributed by atoms with Crippen LogP contribution in [0.1, 0.15) is 0 Å². The van der Waals surface area contributed by atoms with Gasteiger partial charge in [0.25, 0.3) is 0 Å². The van der Waals surface area contributed by atoms with E-state index in [1.54, 1.807) is 14.2 Å². The van der Waals surface area contributed by atoms with Crippen LogP contribution in [0.4, 0.5) is 11.4 Å². The molecule has 1 aliphatic heterocycles. The maximum absolute atomic E-state index is 6.71. The lowest BCUT2D eigenvalue weighted by Gasteiger charge is -2.26. The molecule has 0 bridgehead atoms. The van der Waals surface area contributed by atoms with Crippen molar-refractivity contribution in [2.75, 3.05) is 36.6 Å². The average molecular weight is 337 g/mol. The normalized spacial score (nSPS) is 15.2. The van der Waals surface area contributed by atoms with E-state index in [4.69, 9.17) is 20.7 Å². The van der Waals surface area contributed by atoms with Crippen LogP contribution in [0, 0.1) is 0 Å². The molecule has 116 valence electrons. The minimum atomic E-state index is -0.915. The SMILES string of the molecule is COc1ccc(N2CCN(c3ccc(OC)cc3)P2Cl)cc1. The van der Waals surface area contributed by atoms with Crippen LogP contribution in [-0.2, 0) is 0 Å². The zero-order valence-corrected chi connectivity index (χ0v) is 14.2. The quantitative estimate of drug-likeness (QED) is 0.768. The second-order valence-electron chi connectivity index (χ2n) is 4.88. The van der Waals surface area contributed by atoms with E-state index in [1.165, 1.54) is 0 Å². The lowest BCUT2D eigenvalue weighted by atomic mass is 10.3. The number of nitrogens with zero attached hydrogens (tertiary/aromatic N) is 2. The molecule has 0 N–H and O–H groups in total. The third kappa shape index (κ3) is 2.94. The molecule has 6 heteroatoms. The highest BCUT2D eigenvalue weighted by molar-refractivity contribution is 7.86. The van der Waals surface area contributed by atoms with Gasteiger partial charge in [0.05, 0.1) is 14.2 Å². The van der Waals surface area contributed by atoms with E-state index in [-0.39, 0.29) is 0 Å².